The van der Waals surface area contributed by atoms with E-state index in [1.165, 1.54) is 5.56 Å². The van der Waals surface area contributed by atoms with Gasteiger partial charge in [-0.05, 0) is 44.9 Å². The van der Waals surface area contributed by atoms with E-state index < -0.39 is 0 Å². The van der Waals surface area contributed by atoms with E-state index >= 15 is 0 Å². The lowest BCUT2D eigenvalue weighted by atomic mass is 10.0. The van der Waals surface area contributed by atoms with E-state index in [0.717, 1.165) is 12.1 Å². The summed E-state index contributed by atoms with van der Waals surface area (Å²) in [5.74, 6) is -0.126. The number of nitrogens with zero attached hydrogens (tertiary/aromatic N) is 1. The van der Waals surface area contributed by atoms with Gasteiger partial charge in [0.2, 0.25) is 5.96 Å². The van der Waals surface area contributed by atoms with Crippen LogP contribution in [0.15, 0.2) is 24.3 Å². The highest BCUT2D eigenvalue weighted by molar-refractivity contribution is 6.04. The van der Waals surface area contributed by atoms with Gasteiger partial charge in [0.25, 0.3) is 0 Å². The number of hydrogen-bond donors (Lipinski definition) is 4. The molecule has 112 valence electrons. The molecule has 0 atom stereocenters. The molecular weight excluding hydrogens is 274 g/mol. The molecule has 0 aliphatic carbocycles. The van der Waals surface area contributed by atoms with E-state index in [1.807, 2.05) is 37.8 Å². The molecule has 1 aromatic rings. The van der Waals surface area contributed by atoms with Gasteiger partial charge in [-0.2, -0.15) is 0 Å². The smallest absolute Gasteiger partial charge is 0.202 e. The van der Waals surface area contributed by atoms with E-state index in [2.05, 4.69) is 24.4 Å². The average Bonchev–Trinajstić information content (AvgIpc) is 2.26. The Hall–Kier alpha value is -1.75. The predicted octanol–water partition coefficient (Wildman–Crippen LogP) is 2.69. The zero-order valence-electron chi connectivity index (χ0n) is 12.4. The van der Waals surface area contributed by atoms with Crippen LogP contribution in [0.4, 0.5) is 5.69 Å². The van der Waals surface area contributed by atoms with Gasteiger partial charge in [-0.15, -0.1) is 12.4 Å². The van der Waals surface area contributed by atoms with Crippen molar-refractivity contribution in [2.24, 2.45) is 5.73 Å². The molecule has 0 fully saturated rings. The van der Waals surface area contributed by atoms with Crippen molar-refractivity contribution < 1.29 is 0 Å². The maximum Gasteiger partial charge on any atom is 0.202 e. The van der Waals surface area contributed by atoms with Crippen LogP contribution in [0.25, 0.3) is 0 Å². The van der Waals surface area contributed by atoms with Crippen LogP contribution in [-0.4, -0.2) is 17.5 Å². The van der Waals surface area contributed by atoms with Crippen LogP contribution in [-0.2, 0) is 6.42 Å². The summed E-state index contributed by atoms with van der Waals surface area (Å²) in [7, 11) is 0. The molecule has 0 aliphatic heterocycles. The van der Waals surface area contributed by atoms with E-state index in [9.17, 15) is 0 Å². The minimum Gasteiger partial charge on any atom is -0.370 e. The molecule has 6 heteroatoms. The molecule has 0 saturated heterocycles. The Kier molecular flexibility index (Phi) is 6.52. The van der Waals surface area contributed by atoms with E-state index in [1.54, 1.807) is 0 Å². The highest BCUT2D eigenvalue weighted by Crippen LogP contribution is 2.24. The SMILES string of the molecule is CCc1cccc(N(C(=N)NC(=N)N)C(C)(C)C)c1.Cl. The lowest BCUT2D eigenvalue weighted by molar-refractivity contribution is 0.565. The van der Waals surface area contributed by atoms with Crippen molar-refractivity contribution >= 4 is 30.0 Å². The molecule has 0 radical (unpaired) electrons. The quantitative estimate of drug-likeness (QED) is 0.500. The highest BCUT2D eigenvalue weighted by Gasteiger charge is 2.26. The summed E-state index contributed by atoms with van der Waals surface area (Å²) in [6.07, 6.45) is 0.944. The van der Waals surface area contributed by atoms with Crippen LogP contribution in [0, 0.1) is 10.8 Å². The Morgan fingerprint density at radius 1 is 1.30 bits per heavy atom. The third-order valence-corrected chi connectivity index (χ3v) is 2.72. The van der Waals surface area contributed by atoms with Crippen LogP contribution in [0.2, 0.25) is 0 Å². The summed E-state index contributed by atoms with van der Waals surface area (Å²) in [5, 5.41) is 17.9. The van der Waals surface area contributed by atoms with Gasteiger partial charge in [0, 0.05) is 11.2 Å². The third-order valence-electron chi connectivity index (χ3n) is 2.72. The van der Waals surface area contributed by atoms with Gasteiger partial charge in [0.15, 0.2) is 5.96 Å². The monoisotopic (exact) mass is 297 g/mol. The second kappa shape index (κ2) is 7.14. The van der Waals surface area contributed by atoms with Gasteiger partial charge in [-0.3, -0.25) is 16.1 Å². The van der Waals surface area contributed by atoms with Gasteiger partial charge >= 0.3 is 0 Å². The fraction of sp³-hybridized carbons (Fsp3) is 0.429. The first-order valence-electron chi connectivity index (χ1n) is 6.34. The highest BCUT2D eigenvalue weighted by atomic mass is 35.5. The molecule has 20 heavy (non-hydrogen) atoms. The Morgan fingerprint density at radius 3 is 2.35 bits per heavy atom. The molecule has 0 unspecified atom stereocenters. The number of nitrogens with two attached hydrogens (primary N) is 1. The van der Waals surface area contributed by atoms with Gasteiger partial charge in [0.1, 0.15) is 0 Å². The lowest BCUT2D eigenvalue weighted by Crippen LogP contribution is -2.53. The van der Waals surface area contributed by atoms with Crippen molar-refractivity contribution in [3.05, 3.63) is 29.8 Å². The summed E-state index contributed by atoms with van der Waals surface area (Å²) >= 11 is 0. The predicted molar refractivity (Wildman–Crippen MR) is 88.1 cm³/mol. The lowest BCUT2D eigenvalue weighted by Gasteiger charge is -2.37. The van der Waals surface area contributed by atoms with Gasteiger partial charge < -0.3 is 10.6 Å². The Balaban J connectivity index is 0.00000361. The third kappa shape index (κ3) is 4.74. The molecule has 0 aromatic heterocycles. The minimum atomic E-state index is -0.286. The molecule has 0 aliphatic rings. The zero-order chi connectivity index (χ0) is 14.6. The molecule has 0 bridgehead atoms. The summed E-state index contributed by atoms with van der Waals surface area (Å²) in [6.45, 7) is 8.14. The first kappa shape index (κ1) is 18.2. The van der Waals surface area contributed by atoms with Crippen molar-refractivity contribution in [2.45, 2.75) is 39.7 Å². The molecule has 5 N–H and O–H groups in total. The molecule has 5 nitrogen and oxygen atoms in total. The van der Waals surface area contributed by atoms with E-state index in [0.29, 0.717) is 0 Å². The maximum atomic E-state index is 8.09. The summed E-state index contributed by atoms with van der Waals surface area (Å²) in [4.78, 5) is 1.83. The molecule has 0 saturated carbocycles. The van der Waals surface area contributed by atoms with Crippen LogP contribution in [0.1, 0.15) is 33.3 Å². The number of halogens is 1. The Morgan fingerprint density at radius 2 is 1.90 bits per heavy atom. The number of benzene rings is 1. The van der Waals surface area contributed by atoms with Crippen LogP contribution in [0.5, 0.6) is 0 Å². The van der Waals surface area contributed by atoms with Crippen LogP contribution < -0.4 is 16.0 Å². The van der Waals surface area contributed by atoms with Gasteiger partial charge in [-0.1, -0.05) is 19.1 Å². The van der Waals surface area contributed by atoms with Crippen molar-refractivity contribution in [3.63, 3.8) is 0 Å². The van der Waals surface area contributed by atoms with Crippen LogP contribution >= 0.6 is 12.4 Å². The Labute approximate surface area is 127 Å². The summed E-state index contributed by atoms with van der Waals surface area (Å²) < 4.78 is 0. The second-order valence-electron chi connectivity index (χ2n) is 5.42. The van der Waals surface area contributed by atoms with Crippen molar-refractivity contribution in [1.29, 1.82) is 10.8 Å². The minimum absolute atomic E-state index is 0. The number of guanidine groups is 2. The first-order valence-corrected chi connectivity index (χ1v) is 6.34. The number of hydrogen-bond acceptors (Lipinski definition) is 2. The molecule has 1 rings (SSSR count). The molecular formula is C14H24ClN5. The van der Waals surface area contributed by atoms with Gasteiger partial charge in [0.05, 0.1) is 0 Å². The number of rotatable bonds is 2. The molecule has 0 heterocycles. The number of aryl methyl sites for hydroxylation is 1. The number of nitrogens with one attached hydrogen (secondary N) is 3. The molecule has 0 spiro atoms. The largest absolute Gasteiger partial charge is 0.370 e. The Bertz CT molecular complexity index is 479. The van der Waals surface area contributed by atoms with E-state index in [-0.39, 0.29) is 29.9 Å². The normalized spacial score (nSPS) is 10.4. The number of anilines is 1. The summed E-state index contributed by atoms with van der Waals surface area (Å²) in [6, 6.07) is 8.06. The molecule has 1 aromatic carbocycles. The fourth-order valence-electron chi connectivity index (χ4n) is 1.95. The van der Waals surface area contributed by atoms with E-state index in [4.69, 9.17) is 16.6 Å². The zero-order valence-corrected chi connectivity index (χ0v) is 13.3. The van der Waals surface area contributed by atoms with Crippen molar-refractivity contribution in [1.82, 2.24) is 5.32 Å². The van der Waals surface area contributed by atoms with Crippen LogP contribution in [0.3, 0.4) is 0 Å². The second-order valence-corrected chi connectivity index (χ2v) is 5.42. The van der Waals surface area contributed by atoms with Crippen molar-refractivity contribution in [2.75, 3.05) is 4.90 Å². The standard InChI is InChI=1S/C14H23N5.ClH/c1-5-10-7-6-8-11(9-10)19(14(2,3)4)13(17)18-12(15)16;/h6-9H,5H2,1-4H3,(H5,15,16,17,18);1H. The average molecular weight is 298 g/mol. The molecule has 0 amide bonds. The summed E-state index contributed by atoms with van der Waals surface area (Å²) in [5.41, 5.74) is 7.16. The fourth-order valence-corrected chi connectivity index (χ4v) is 1.95. The van der Waals surface area contributed by atoms with Crippen molar-refractivity contribution in [3.8, 4) is 0 Å². The topological polar surface area (TPSA) is 89.0 Å². The first-order chi connectivity index (χ1) is 8.75. The van der Waals surface area contributed by atoms with Gasteiger partial charge in [-0.25, -0.2) is 0 Å². The maximum absolute atomic E-state index is 8.09.